The Bertz CT molecular complexity index is 908. The summed E-state index contributed by atoms with van der Waals surface area (Å²) >= 11 is 0. The molecule has 1 atom stereocenters. The molecule has 28 heavy (non-hydrogen) atoms. The van der Waals surface area contributed by atoms with Crippen molar-refractivity contribution < 1.29 is 19.1 Å². The number of ether oxygens (including phenoxy) is 1. The quantitative estimate of drug-likeness (QED) is 0.746. The number of carbonyl (C=O) groups excluding carboxylic acids is 3. The van der Waals surface area contributed by atoms with Gasteiger partial charge in [-0.15, -0.1) is 0 Å². The van der Waals surface area contributed by atoms with Gasteiger partial charge in [0, 0.05) is 31.4 Å². The number of ketones is 2. The summed E-state index contributed by atoms with van der Waals surface area (Å²) in [5.74, 6) is 0.767. The molecule has 2 aliphatic rings. The second kappa shape index (κ2) is 7.58. The Balaban J connectivity index is 1.31. The van der Waals surface area contributed by atoms with Crippen molar-refractivity contribution in [2.45, 2.75) is 37.7 Å². The summed E-state index contributed by atoms with van der Waals surface area (Å²) in [5.41, 5.74) is 0.696. The number of para-hydroxylation sites is 1. The van der Waals surface area contributed by atoms with Crippen molar-refractivity contribution >= 4 is 17.5 Å². The SMILES string of the molecule is O=C(CCCC(=O)N1CCC2(CC(=O)c3ccccc3O2)C1)c1ccccc1. The topological polar surface area (TPSA) is 63.7 Å². The van der Waals surface area contributed by atoms with Gasteiger partial charge in [-0.2, -0.15) is 0 Å². The number of Topliss-reactive ketones (excluding diaryl/α,β-unsaturated/α-hetero) is 2. The summed E-state index contributed by atoms with van der Waals surface area (Å²) in [6, 6.07) is 16.4. The van der Waals surface area contributed by atoms with Crippen LogP contribution in [0.25, 0.3) is 0 Å². The number of hydrogen-bond donors (Lipinski definition) is 0. The van der Waals surface area contributed by atoms with Gasteiger partial charge >= 0.3 is 0 Å². The summed E-state index contributed by atoms with van der Waals surface area (Å²) in [6.07, 6.45) is 2.18. The molecule has 0 N–H and O–H groups in total. The van der Waals surface area contributed by atoms with Gasteiger partial charge in [0.2, 0.25) is 5.91 Å². The molecule has 4 rings (SSSR count). The molecule has 0 bridgehead atoms. The zero-order valence-corrected chi connectivity index (χ0v) is 15.7. The Morgan fingerprint density at radius 1 is 1.00 bits per heavy atom. The van der Waals surface area contributed by atoms with Gasteiger partial charge in [0.25, 0.3) is 0 Å². The summed E-state index contributed by atoms with van der Waals surface area (Å²) in [5, 5.41) is 0. The van der Waals surface area contributed by atoms with Crippen LogP contribution >= 0.6 is 0 Å². The monoisotopic (exact) mass is 377 g/mol. The van der Waals surface area contributed by atoms with Crippen LogP contribution in [-0.2, 0) is 4.79 Å². The molecule has 2 heterocycles. The van der Waals surface area contributed by atoms with E-state index in [0.717, 1.165) is 0 Å². The molecule has 1 amide bonds. The van der Waals surface area contributed by atoms with Gasteiger partial charge in [0.05, 0.1) is 18.5 Å². The maximum Gasteiger partial charge on any atom is 0.222 e. The smallest absolute Gasteiger partial charge is 0.222 e. The van der Waals surface area contributed by atoms with Crippen LogP contribution in [0.2, 0.25) is 0 Å². The standard InChI is InChI=1S/C23H23NO4/c25-19(17-7-2-1-3-8-17)10-6-12-22(27)24-14-13-23(16-24)15-20(26)18-9-4-5-11-21(18)28-23/h1-5,7-9,11H,6,10,12-16H2. The number of benzene rings is 2. The van der Waals surface area contributed by atoms with E-state index in [9.17, 15) is 14.4 Å². The third kappa shape index (κ3) is 3.70. The maximum absolute atomic E-state index is 12.6. The van der Waals surface area contributed by atoms with Crippen molar-refractivity contribution in [3.63, 3.8) is 0 Å². The van der Waals surface area contributed by atoms with Gasteiger partial charge in [-0.25, -0.2) is 0 Å². The Labute approximate surface area is 164 Å². The van der Waals surface area contributed by atoms with E-state index in [0.29, 0.717) is 62.1 Å². The van der Waals surface area contributed by atoms with Crippen LogP contribution in [0, 0.1) is 0 Å². The van der Waals surface area contributed by atoms with E-state index in [2.05, 4.69) is 0 Å². The van der Waals surface area contributed by atoms with Crippen molar-refractivity contribution in [2.24, 2.45) is 0 Å². The lowest BCUT2D eigenvalue weighted by Crippen LogP contribution is -2.45. The Hall–Kier alpha value is -2.95. The van der Waals surface area contributed by atoms with Crippen molar-refractivity contribution in [2.75, 3.05) is 13.1 Å². The van der Waals surface area contributed by atoms with E-state index in [-0.39, 0.29) is 17.5 Å². The number of likely N-dealkylation sites (tertiary alicyclic amines) is 1. The van der Waals surface area contributed by atoms with Crippen LogP contribution in [0.3, 0.4) is 0 Å². The molecule has 0 aliphatic carbocycles. The molecule has 2 aromatic rings. The van der Waals surface area contributed by atoms with Crippen LogP contribution in [0.15, 0.2) is 54.6 Å². The summed E-state index contributed by atoms with van der Waals surface area (Å²) in [4.78, 5) is 39.0. The molecule has 1 saturated heterocycles. The second-order valence-corrected chi connectivity index (χ2v) is 7.59. The first-order valence-corrected chi connectivity index (χ1v) is 9.74. The maximum atomic E-state index is 12.6. The van der Waals surface area contributed by atoms with Crippen LogP contribution in [0.4, 0.5) is 0 Å². The van der Waals surface area contributed by atoms with Crippen molar-refractivity contribution in [3.05, 3.63) is 65.7 Å². The Kier molecular flexibility index (Phi) is 4.99. The Morgan fingerprint density at radius 2 is 1.75 bits per heavy atom. The highest BCUT2D eigenvalue weighted by Crippen LogP contribution is 2.38. The predicted molar refractivity (Wildman–Crippen MR) is 105 cm³/mol. The van der Waals surface area contributed by atoms with Crippen LogP contribution in [0.1, 0.15) is 52.8 Å². The Morgan fingerprint density at radius 3 is 2.57 bits per heavy atom. The minimum absolute atomic E-state index is 0.0210. The highest BCUT2D eigenvalue weighted by Gasteiger charge is 2.46. The molecule has 0 saturated carbocycles. The van der Waals surface area contributed by atoms with Crippen LogP contribution in [-0.4, -0.2) is 41.1 Å². The average molecular weight is 377 g/mol. The highest BCUT2D eigenvalue weighted by atomic mass is 16.5. The minimum Gasteiger partial charge on any atom is -0.484 e. The zero-order valence-electron chi connectivity index (χ0n) is 15.7. The van der Waals surface area contributed by atoms with Crippen molar-refractivity contribution in [1.82, 2.24) is 4.90 Å². The largest absolute Gasteiger partial charge is 0.484 e. The first kappa shape index (κ1) is 18.4. The number of nitrogens with zero attached hydrogens (tertiary/aromatic N) is 1. The predicted octanol–water partition coefficient (Wildman–Crippen LogP) is 3.68. The molecule has 5 nitrogen and oxygen atoms in total. The van der Waals surface area contributed by atoms with Crippen molar-refractivity contribution in [3.8, 4) is 5.75 Å². The molecule has 1 spiro atoms. The molecular formula is C23H23NO4. The number of carbonyl (C=O) groups is 3. The van der Waals surface area contributed by atoms with Gasteiger partial charge in [-0.05, 0) is 18.6 Å². The van der Waals surface area contributed by atoms with E-state index in [4.69, 9.17) is 4.74 Å². The second-order valence-electron chi connectivity index (χ2n) is 7.59. The van der Waals surface area contributed by atoms with Crippen LogP contribution < -0.4 is 4.74 Å². The molecule has 1 fully saturated rings. The highest BCUT2D eigenvalue weighted by molar-refractivity contribution is 6.00. The lowest BCUT2D eigenvalue weighted by atomic mass is 9.89. The fraction of sp³-hybridized carbons (Fsp3) is 0.348. The number of amides is 1. The lowest BCUT2D eigenvalue weighted by molar-refractivity contribution is -0.131. The first-order valence-electron chi connectivity index (χ1n) is 9.74. The summed E-state index contributed by atoms with van der Waals surface area (Å²) < 4.78 is 6.16. The van der Waals surface area contributed by atoms with Gasteiger partial charge in [-0.3, -0.25) is 14.4 Å². The molecule has 2 aliphatic heterocycles. The molecule has 1 unspecified atom stereocenters. The van der Waals surface area contributed by atoms with E-state index in [1.165, 1.54) is 0 Å². The number of fused-ring (bicyclic) bond motifs is 1. The summed E-state index contributed by atoms with van der Waals surface area (Å²) in [7, 11) is 0. The van der Waals surface area contributed by atoms with E-state index in [1.54, 1.807) is 23.1 Å². The number of rotatable bonds is 5. The third-order valence-electron chi connectivity index (χ3n) is 5.56. The fourth-order valence-electron chi connectivity index (χ4n) is 4.05. The average Bonchev–Trinajstić information content (AvgIpc) is 3.11. The van der Waals surface area contributed by atoms with E-state index >= 15 is 0 Å². The van der Waals surface area contributed by atoms with Gasteiger partial charge in [0.1, 0.15) is 11.4 Å². The van der Waals surface area contributed by atoms with Crippen molar-refractivity contribution in [1.29, 1.82) is 0 Å². The molecule has 144 valence electrons. The van der Waals surface area contributed by atoms with Gasteiger partial charge < -0.3 is 9.64 Å². The zero-order chi connectivity index (χ0) is 19.6. The van der Waals surface area contributed by atoms with Gasteiger partial charge in [0.15, 0.2) is 11.6 Å². The molecule has 5 heteroatoms. The van der Waals surface area contributed by atoms with Crippen LogP contribution in [0.5, 0.6) is 5.75 Å². The molecule has 2 aromatic carbocycles. The molecule has 0 aromatic heterocycles. The van der Waals surface area contributed by atoms with Gasteiger partial charge in [-0.1, -0.05) is 42.5 Å². The fourth-order valence-corrected chi connectivity index (χ4v) is 4.05. The van der Waals surface area contributed by atoms with E-state index < -0.39 is 5.60 Å². The molecule has 0 radical (unpaired) electrons. The normalized spacial score (nSPS) is 20.7. The summed E-state index contributed by atoms with van der Waals surface area (Å²) in [6.45, 7) is 1.01. The first-order chi connectivity index (χ1) is 13.6. The number of hydrogen-bond acceptors (Lipinski definition) is 4. The third-order valence-corrected chi connectivity index (χ3v) is 5.56. The minimum atomic E-state index is -0.610. The lowest BCUT2D eigenvalue weighted by Gasteiger charge is -2.34. The van der Waals surface area contributed by atoms with E-state index in [1.807, 2.05) is 36.4 Å². The molecular weight excluding hydrogens is 354 g/mol.